The van der Waals surface area contributed by atoms with Crippen LogP contribution in [0.1, 0.15) is 46.5 Å². The van der Waals surface area contributed by atoms with Gasteiger partial charge in [0, 0.05) is 0 Å². The van der Waals surface area contributed by atoms with Crippen LogP contribution >= 0.6 is 24.0 Å². The van der Waals surface area contributed by atoms with E-state index < -0.39 is 5.54 Å². The molecule has 0 radical (unpaired) electrons. The van der Waals surface area contributed by atoms with Crippen molar-refractivity contribution in [1.82, 2.24) is 5.32 Å². The lowest BCUT2D eigenvalue weighted by molar-refractivity contribution is -0.124. The molecule has 0 aromatic rings. The summed E-state index contributed by atoms with van der Waals surface area (Å²) in [7, 11) is 0. The molecule has 17 heavy (non-hydrogen) atoms. The summed E-state index contributed by atoms with van der Waals surface area (Å²) in [6, 6.07) is 0. The molecule has 1 unspecified atom stereocenters. The molecule has 1 saturated heterocycles. The molecule has 0 saturated carbocycles. The molecule has 0 aliphatic carbocycles. The van der Waals surface area contributed by atoms with Crippen LogP contribution in [0.15, 0.2) is 0 Å². The SMILES string of the molecule is CCC(CC)(NC(=O)C1(C)CCCS1)C(N)=S. The summed E-state index contributed by atoms with van der Waals surface area (Å²) in [5.41, 5.74) is 5.28. The number of thiocarbonyl (C=S) groups is 1. The van der Waals surface area contributed by atoms with Crippen LogP contribution < -0.4 is 11.1 Å². The minimum Gasteiger partial charge on any atom is -0.391 e. The maximum atomic E-state index is 12.4. The van der Waals surface area contributed by atoms with E-state index in [-0.39, 0.29) is 10.7 Å². The maximum Gasteiger partial charge on any atom is 0.236 e. The lowest BCUT2D eigenvalue weighted by Crippen LogP contribution is -2.59. The normalized spacial score (nSPS) is 24.6. The van der Waals surface area contributed by atoms with Gasteiger partial charge in [-0.15, -0.1) is 11.8 Å². The quantitative estimate of drug-likeness (QED) is 0.755. The number of carbonyl (C=O) groups is 1. The van der Waals surface area contributed by atoms with Gasteiger partial charge in [-0.2, -0.15) is 0 Å². The van der Waals surface area contributed by atoms with Crippen LogP contribution in [0.2, 0.25) is 0 Å². The van der Waals surface area contributed by atoms with Gasteiger partial charge in [-0.05, 0) is 38.4 Å². The van der Waals surface area contributed by atoms with Gasteiger partial charge in [-0.1, -0.05) is 26.1 Å². The van der Waals surface area contributed by atoms with Crippen LogP contribution in [-0.4, -0.2) is 26.9 Å². The highest BCUT2D eigenvalue weighted by Crippen LogP contribution is 2.38. The molecule has 98 valence electrons. The van der Waals surface area contributed by atoms with E-state index in [0.717, 1.165) is 31.4 Å². The molecule has 1 atom stereocenters. The molecule has 0 aromatic carbocycles. The van der Waals surface area contributed by atoms with Crippen molar-refractivity contribution in [2.75, 3.05) is 5.75 Å². The van der Waals surface area contributed by atoms with Gasteiger partial charge in [0.15, 0.2) is 0 Å². The molecule has 1 fully saturated rings. The summed E-state index contributed by atoms with van der Waals surface area (Å²) < 4.78 is -0.305. The Hall–Kier alpha value is -0.290. The largest absolute Gasteiger partial charge is 0.391 e. The minimum absolute atomic E-state index is 0.0801. The third-order valence-electron chi connectivity index (χ3n) is 3.73. The van der Waals surface area contributed by atoms with Crippen molar-refractivity contribution in [3.05, 3.63) is 0 Å². The first-order valence-electron chi connectivity index (χ1n) is 6.16. The number of thioether (sulfide) groups is 1. The van der Waals surface area contributed by atoms with Gasteiger partial charge in [-0.25, -0.2) is 0 Å². The second-order valence-corrected chi connectivity index (χ2v) is 6.83. The molecule has 1 heterocycles. The lowest BCUT2D eigenvalue weighted by Gasteiger charge is -2.35. The average molecular weight is 274 g/mol. The first kappa shape index (κ1) is 14.8. The fourth-order valence-electron chi connectivity index (χ4n) is 2.14. The fourth-order valence-corrected chi connectivity index (χ4v) is 3.69. The van der Waals surface area contributed by atoms with Gasteiger partial charge in [0.2, 0.25) is 5.91 Å². The topological polar surface area (TPSA) is 55.1 Å². The second kappa shape index (κ2) is 5.57. The number of nitrogens with two attached hydrogens (primary N) is 1. The first-order chi connectivity index (χ1) is 7.90. The molecule has 3 N–H and O–H groups in total. The zero-order valence-electron chi connectivity index (χ0n) is 10.8. The molecule has 1 aliphatic rings. The van der Waals surface area contributed by atoms with Gasteiger partial charge >= 0.3 is 0 Å². The van der Waals surface area contributed by atoms with Crippen molar-refractivity contribution >= 4 is 34.9 Å². The third kappa shape index (κ3) is 2.94. The highest BCUT2D eigenvalue weighted by Gasteiger charge is 2.41. The highest BCUT2D eigenvalue weighted by molar-refractivity contribution is 8.01. The van der Waals surface area contributed by atoms with Crippen LogP contribution in [0.25, 0.3) is 0 Å². The summed E-state index contributed by atoms with van der Waals surface area (Å²) in [6.45, 7) is 6.02. The van der Waals surface area contributed by atoms with Gasteiger partial charge in [0.1, 0.15) is 0 Å². The number of hydrogen-bond donors (Lipinski definition) is 2. The van der Waals surface area contributed by atoms with E-state index in [9.17, 15) is 4.79 Å². The number of hydrogen-bond acceptors (Lipinski definition) is 3. The number of rotatable bonds is 5. The Morgan fingerprint density at radius 2 is 2.12 bits per heavy atom. The van der Waals surface area contributed by atoms with Crippen molar-refractivity contribution in [3.8, 4) is 0 Å². The smallest absolute Gasteiger partial charge is 0.236 e. The van der Waals surface area contributed by atoms with E-state index in [4.69, 9.17) is 18.0 Å². The van der Waals surface area contributed by atoms with Crippen molar-refractivity contribution in [3.63, 3.8) is 0 Å². The van der Waals surface area contributed by atoms with E-state index in [1.54, 1.807) is 11.8 Å². The zero-order valence-corrected chi connectivity index (χ0v) is 12.5. The number of nitrogens with one attached hydrogen (secondary N) is 1. The van der Waals surface area contributed by atoms with Gasteiger partial charge in [0.25, 0.3) is 0 Å². The molecule has 3 nitrogen and oxygen atoms in total. The number of amides is 1. The maximum absolute atomic E-state index is 12.4. The third-order valence-corrected chi connectivity index (χ3v) is 5.64. The molecule has 1 amide bonds. The molecule has 1 rings (SSSR count). The molecular formula is C12H22N2OS2. The Bertz CT molecular complexity index is 308. The molecule has 0 aromatic heterocycles. The second-order valence-electron chi connectivity index (χ2n) is 4.79. The number of carbonyl (C=O) groups excluding carboxylic acids is 1. The Balaban J connectivity index is 2.80. The van der Waals surface area contributed by atoms with E-state index in [2.05, 4.69) is 5.32 Å². The van der Waals surface area contributed by atoms with Crippen molar-refractivity contribution < 1.29 is 4.79 Å². The van der Waals surface area contributed by atoms with Crippen LogP contribution in [0.5, 0.6) is 0 Å². The van der Waals surface area contributed by atoms with Crippen molar-refractivity contribution in [1.29, 1.82) is 0 Å². The highest BCUT2D eigenvalue weighted by atomic mass is 32.2. The zero-order chi connectivity index (χ0) is 13.1. The first-order valence-corrected chi connectivity index (χ1v) is 7.56. The van der Waals surface area contributed by atoms with Gasteiger partial charge in [0.05, 0.1) is 15.3 Å². The summed E-state index contributed by atoms with van der Waals surface area (Å²) >= 11 is 6.84. The van der Waals surface area contributed by atoms with Crippen LogP contribution in [0, 0.1) is 0 Å². The average Bonchev–Trinajstić information content (AvgIpc) is 2.73. The van der Waals surface area contributed by atoms with E-state index in [0.29, 0.717) is 4.99 Å². The monoisotopic (exact) mass is 274 g/mol. The fraction of sp³-hybridized carbons (Fsp3) is 0.833. The van der Waals surface area contributed by atoms with Crippen molar-refractivity contribution in [2.24, 2.45) is 5.73 Å². The molecule has 1 aliphatic heterocycles. The Morgan fingerprint density at radius 3 is 2.47 bits per heavy atom. The predicted octanol–water partition coefficient (Wildman–Crippen LogP) is 2.23. The molecular weight excluding hydrogens is 252 g/mol. The molecule has 5 heteroatoms. The minimum atomic E-state index is -0.515. The standard InChI is InChI=1S/C12H22N2OS2/c1-4-12(5-2,9(13)16)14-10(15)11(3)7-6-8-17-11/h4-8H2,1-3H3,(H2,13,16)(H,14,15). The summed E-state index contributed by atoms with van der Waals surface area (Å²) in [5.74, 6) is 1.14. The van der Waals surface area contributed by atoms with Gasteiger partial charge in [-0.3, -0.25) is 4.79 Å². The van der Waals surface area contributed by atoms with Crippen LogP contribution in [0.3, 0.4) is 0 Å². The van der Waals surface area contributed by atoms with Gasteiger partial charge < -0.3 is 11.1 Å². The van der Waals surface area contributed by atoms with E-state index in [1.807, 2.05) is 20.8 Å². The van der Waals surface area contributed by atoms with E-state index >= 15 is 0 Å². The Labute approximate surface area is 113 Å². The summed E-state index contributed by atoms with van der Waals surface area (Å²) in [5, 5.41) is 3.09. The van der Waals surface area contributed by atoms with E-state index in [1.165, 1.54) is 0 Å². The summed E-state index contributed by atoms with van der Waals surface area (Å²) in [6.07, 6.45) is 3.52. The molecule has 0 spiro atoms. The Morgan fingerprint density at radius 1 is 1.53 bits per heavy atom. The summed E-state index contributed by atoms with van der Waals surface area (Å²) in [4.78, 5) is 12.7. The lowest BCUT2D eigenvalue weighted by atomic mass is 9.91. The Kier molecular flexibility index (Phi) is 4.84. The van der Waals surface area contributed by atoms with Crippen LogP contribution in [0.4, 0.5) is 0 Å². The van der Waals surface area contributed by atoms with Crippen molar-refractivity contribution in [2.45, 2.75) is 56.7 Å². The predicted molar refractivity (Wildman–Crippen MR) is 78.3 cm³/mol. The van der Waals surface area contributed by atoms with Crippen LogP contribution in [-0.2, 0) is 4.79 Å². The molecule has 0 bridgehead atoms.